The van der Waals surface area contributed by atoms with Crippen LogP contribution in [0.4, 0.5) is 4.39 Å². The lowest BCUT2D eigenvalue weighted by Crippen LogP contribution is -2.27. The molecule has 10 heteroatoms. The summed E-state index contributed by atoms with van der Waals surface area (Å²) in [5, 5.41) is 19.7. The van der Waals surface area contributed by atoms with Crippen molar-refractivity contribution in [1.29, 1.82) is 0 Å². The molecule has 0 unspecified atom stereocenters. The molecule has 32 heavy (non-hydrogen) atoms. The molecule has 0 aliphatic carbocycles. The number of amides is 2. The summed E-state index contributed by atoms with van der Waals surface area (Å²) < 4.78 is 18.7. The van der Waals surface area contributed by atoms with Gasteiger partial charge in [0.2, 0.25) is 5.91 Å². The second kappa shape index (κ2) is 9.50. The molecule has 0 radical (unpaired) electrons. The lowest BCUT2D eigenvalue weighted by atomic mass is 9.93. The molecule has 2 atom stereocenters. The number of ether oxygens (including phenoxy) is 1. The minimum Gasteiger partial charge on any atom is -0.457 e. The number of hydrogen-bond acceptors (Lipinski definition) is 7. The Morgan fingerprint density at radius 1 is 1.03 bits per heavy atom. The van der Waals surface area contributed by atoms with Crippen LogP contribution in [-0.4, -0.2) is 38.6 Å². The van der Waals surface area contributed by atoms with E-state index in [4.69, 9.17) is 16.2 Å². The zero-order valence-electron chi connectivity index (χ0n) is 17.0. The number of nitrogens with zero attached hydrogens (tertiary/aromatic N) is 2. The predicted molar refractivity (Wildman–Crippen MR) is 112 cm³/mol. The fourth-order valence-electron chi connectivity index (χ4n) is 3.02. The summed E-state index contributed by atoms with van der Waals surface area (Å²) in [7, 11) is 0. The summed E-state index contributed by atoms with van der Waals surface area (Å²) in [4.78, 5) is 32.2. The van der Waals surface area contributed by atoms with Crippen LogP contribution in [0.15, 0.2) is 48.5 Å². The van der Waals surface area contributed by atoms with E-state index in [1.165, 1.54) is 31.2 Å². The van der Waals surface area contributed by atoms with E-state index in [-0.39, 0.29) is 28.6 Å². The molecule has 0 bridgehead atoms. The second-order valence-electron chi connectivity index (χ2n) is 6.96. The third kappa shape index (κ3) is 4.88. The minimum absolute atomic E-state index is 0.0356. The Labute approximate surface area is 182 Å². The van der Waals surface area contributed by atoms with Gasteiger partial charge < -0.3 is 26.4 Å². The fourth-order valence-corrected chi connectivity index (χ4v) is 3.02. The Hall–Kier alpha value is -3.89. The van der Waals surface area contributed by atoms with Crippen LogP contribution in [-0.2, 0) is 4.79 Å². The molecule has 166 valence electrons. The van der Waals surface area contributed by atoms with Gasteiger partial charge in [0.15, 0.2) is 5.82 Å². The number of carbonyl (C=O) groups is 2. The van der Waals surface area contributed by atoms with Crippen molar-refractivity contribution in [3.8, 4) is 22.9 Å². The van der Waals surface area contributed by atoms with Crippen LogP contribution < -0.4 is 16.2 Å². The van der Waals surface area contributed by atoms with Crippen LogP contribution in [0.25, 0.3) is 11.4 Å². The molecular weight excluding hydrogens is 419 g/mol. The number of carbonyl (C=O) groups excluding carboxylic acids is 2. The monoisotopic (exact) mass is 440 g/mol. The summed E-state index contributed by atoms with van der Waals surface area (Å²) in [6, 6.07) is 11.9. The molecular formula is C22H21FN4O5. The molecule has 0 aliphatic heterocycles. The first-order valence-corrected chi connectivity index (χ1v) is 9.55. The van der Waals surface area contributed by atoms with E-state index < -0.39 is 30.4 Å². The van der Waals surface area contributed by atoms with E-state index in [1.54, 1.807) is 24.3 Å². The van der Waals surface area contributed by atoms with Gasteiger partial charge in [-0.05, 0) is 55.5 Å². The molecule has 0 fully saturated rings. The number of hydrogen-bond donors (Lipinski definition) is 4. The van der Waals surface area contributed by atoms with E-state index in [9.17, 15) is 24.2 Å². The Morgan fingerprint density at radius 2 is 1.59 bits per heavy atom. The fraction of sp³-hybridized carbons (Fsp3) is 0.182. The quantitative estimate of drug-likeness (QED) is 0.415. The van der Waals surface area contributed by atoms with Gasteiger partial charge in [0, 0.05) is 11.1 Å². The van der Waals surface area contributed by atoms with Gasteiger partial charge in [0.1, 0.15) is 29.1 Å². The van der Waals surface area contributed by atoms with Crippen LogP contribution in [0.2, 0.25) is 0 Å². The van der Waals surface area contributed by atoms with Gasteiger partial charge in [-0.2, -0.15) is 0 Å². The van der Waals surface area contributed by atoms with Crippen molar-refractivity contribution in [2.45, 2.75) is 18.9 Å². The molecule has 1 aromatic heterocycles. The number of rotatable bonds is 8. The number of aromatic nitrogens is 2. The summed E-state index contributed by atoms with van der Waals surface area (Å²) in [5.74, 6) is -2.22. The van der Waals surface area contributed by atoms with Gasteiger partial charge in [-0.3, -0.25) is 9.59 Å². The number of aliphatic hydroxyl groups is 2. The summed E-state index contributed by atoms with van der Waals surface area (Å²) in [5.41, 5.74) is 10.8. The third-order valence-electron chi connectivity index (χ3n) is 4.72. The number of halogens is 1. The van der Waals surface area contributed by atoms with Gasteiger partial charge in [-0.25, -0.2) is 14.4 Å². The van der Waals surface area contributed by atoms with Crippen LogP contribution >= 0.6 is 0 Å². The Bertz CT molecular complexity index is 1140. The first-order chi connectivity index (χ1) is 15.2. The van der Waals surface area contributed by atoms with E-state index in [0.717, 1.165) is 0 Å². The van der Waals surface area contributed by atoms with Crippen molar-refractivity contribution in [3.63, 3.8) is 0 Å². The smallest absolute Gasteiger partial charge is 0.267 e. The zero-order chi connectivity index (χ0) is 23.4. The van der Waals surface area contributed by atoms with E-state index in [1.807, 2.05) is 0 Å². The number of nitrogens with two attached hydrogens (primary N) is 2. The average molecular weight is 440 g/mol. The molecule has 0 saturated carbocycles. The van der Waals surface area contributed by atoms with E-state index in [2.05, 4.69) is 9.97 Å². The van der Waals surface area contributed by atoms with Gasteiger partial charge in [-0.15, -0.1) is 0 Å². The topological polar surface area (TPSA) is 162 Å². The van der Waals surface area contributed by atoms with Crippen molar-refractivity contribution >= 4 is 11.8 Å². The van der Waals surface area contributed by atoms with E-state index in [0.29, 0.717) is 17.1 Å². The van der Waals surface area contributed by atoms with Gasteiger partial charge in [0.25, 0.3) is 5.91 Å². The predicted octanol–water partition coefficient (Wildman–Crippen LogP) is 1.79. The maximum atomic E-state index is 13.0. The van der Waals surface area contributed by atoms with Crippen molar-refractivity contribution in [1.82, 2.24) is 9.97 Å². The summed E-state index contributed by atoms with van der Waals surface area (Å²) >= 11 is 0. The van der Waals surface area contributed by atoms with Gasteiger partial charge >= 0.3 is 0 Å². The maximum absolute atomic E-state index is 13.0. The molecule has 3 rings (SSSR count). The van der Waals surface area contributed by atoms with Crippen LogP contribution in [0.3, 0.4) is 0 Å². The van der Waals surface area contributed by atoms with Gasteiger partial charge in [0.05, 0.1) is 18.2 Å². The lowest BCUT2D eigenvalue weighted by Gasteiger charge is -2.19. The third-order valence-corrected chi connectivity index (χ3v) is 4.72. The molecule has 0 aliphatic rings. The highest BCUT2D eigenvalue weighted by Crippen LogP contribution is 2.30. The molecule has 0 saturated heterocycles. The number of benzene rings is 2. The average Bonchev–Trinajstić information content (AvgIpc) is 2.79. The van der Waals surface area contributed by atoms with Crippen molar-refractivity contribution in [2.24, 2.45) is 11.5 Å². The molecule has 2 aromatic carbocycles. The Morgan fingerprint density at radius 3 is 2.09 bits per heavy atom. The van der Waals surface area contributed by atoms with E-state index >= 15 is 0 Å². The highest BCUT2D eigenvalue weighted by atomic mass is 19.1. The van der Waals surface area contributed by atoms with Crippen LogP contribution in [0.5, 0.6) is 11.5 Å². The SMILES string of the molecule is C[C@H](C(N)=O)c1c(C(N)=O)nc(-c2ccc(Oc3ccc(F)cc3)cc2)nc1[C@H](O)CO. The van der Waals surface area contributed by atoms with Gasteiger partial charge in [-0.1, -0.05) is 0 Å². The first-order valence-electron chi connectivity index (χ1n) is 9.55. The molecule has 9 nitrogen and oxygen atoms in total. The molecule has 3 aromatic rings. The van der Waals surface area contributed by atoms with Crippen LogP contribution in [0.1, 0.15) is 40.7 Å². The van der Waals surface area contributed by atoms with Crippen LogP contribution in [0, 0.1) is 5.82 Å². The normalized spacial score (nSPS) is 12.8. The molecule has 1 heterocycles. The molecule has 2 amide bonds. The Balaban J connectivity index is 2.03. The highest BCUT2D eigenvalue weighted by molar-refractivity contribution is 5.95. The molecule has 0 spiro atoms. The second-order valence-corrected chi connectivity index (χ2v) is 6.96. The Kier molecular flexibility index (Phi) is 6.76. The lowest BCUT2D eigenvalue weighted by molar-refractivity contribution is -0.119. The standard InChI is InChI=1S/C22H21FN4O5/c1-11(20(24)30)17-18(16(29)10-28)26-22(27-19(17)21(25)31)12-2-6-14(7-3-12)32-15-8-4-13(23)5-9-15/h2-9,11,16,28-29H,10H2,1H3,(H2,24,30)(H2,25,31)/t11-,16+/m0/s1. The summed E-state index contributed by atoms with van der Waals surface area (Å²) in [6.07, 6.45) is -1.49. The zero-order valence-corrected chi connectivity index (χ0v) is 17.0. The maximum Gasteiger partial charge on any atom is 0.267 e. The van der Waals surface area contributed by atoms with Crippen molar-refractivity contribution < 1.29 is 28.9 Å². The van der Waals surface area contributed by atoms with Crippen molar-refractivity contribution in [2.75, 3.05) is 6.61 Å². The minimum atomic E-state index is -1.49. The highest BCUT2D eigenvalue weighted by Gasteiger charge is 2.29. The largest absolute Gasteiger partial charge is 0.457 e. The van der Waals surface area contributed by atoms with Crippen molar-refractivity contribution in [3.05, 3.63) is 71.3 Å². The number of primary amides is 2. The summed E-state index contributed by atoms with van der Waals surface area (Å²) in [6.45, 7) is 0.708. The molecule has 6 N–H and O–H groups in total. The first kappa shape index (κ1) is 22.8. The number of aliphatic hydroxyl groups excluding tert-OH is 2.